The van der Waals surface area contributed by atoms with Gasteiger partial charge in [-0.15, -0.1) is 0 Å². The molecule has 2 heterocycles. The van der Waals surface area contributed by atoms with Crippen LogP contribution in [0.4, 0.5) is 0 Å². The molecule has 9 N–H and O–H groups in total. The fourth-order valence-electron chi connectivity index (χ4n) is 5.37. The molecule has 0 radical (unpaired) electrons. The monoisotopic (exact) mass is 624 g/mol. The number of carboxylic acid groups (broad SMARTS) is 1. The number of fused-ring (bicyclic) bond motifs is 2. The molecule has 2 aromatic heterocycles. The van der Waals surface area contributed by atoms with Crippen LogP contribution in [0.1, 0.15) is 23.6 Å². The van der Waals surface area contributed by atoms with Gasteiger partial charge in [0, 0.05) is 53.5 Å². The number of hydrogen-bond acceptors (Lipinski definition) is 6. The smallest absolute Gasteiger partial charge is 0.326 e. The summed E-state index contributed by atoms with van der Waals surface area (Å²) in [6.07, 6.45) is 3.54. The number of phenolic OH excluding ortho intramolecular Hbond substituents is 1. The Morgan fingerprint density at radius 1 is 0.674 bits per heavy atom. The van der Waals surface area contributed by atoms with Crippen LogP contribution < -0.4 is 21.7 Å². The highest BCUT2D eigenvalue weighted by Gasteiger charge is 2.31. The van der Waals surface area contributed by atoms with Gasteiger partial charge in [-0.1, -0.05) is 48.5 Å². The molecule has 0 aliphatic carbocycles. The van der Waals surface area contributed by atoms with Crippen LogP contribution >= 0.6 is 0 Å². The molecule has 12 heteroatoms. The number of hydrogen-bond donors (Lipinski definition) is 8. The number of nitrogens with two attached hydrogens (primary N) is 1. The molecule has 12 nitrogen and oxygen atoms in total. The molecule has 5 aromatic rings. The molecule has 0 spiro atoms. The first-order valence-corrected chi connectivity index (χ1v) is 14.9. The second kappa shape index (κ2) is 14.0. The Balaban J connectivity index is 1.41. The molecule has 0 aliphatic rings. The molecule has 4 atom stereocenters. The summed E-state index contributed by atoms with van der Waals surface area (Å²) in [5.41, 5.74) is 9.52. The third kappa shape index (κ3) is 7.53. The quantitative estimate of drug-likeness (QED) is 0.0981. The fraction of sp³-hybridized carbons (Fsp3) is 0.235. The van der Waals surface area contributed by atoms with E-state index in [0.29, 0.717) is 11.1 Å². The zero-order valence-corrected chi connectivity index (χ0v) is 25.1. The summed E-state index contributed by atoms with van der Waals surface area (Å²) in [5, 5.41) is 29.5. The Bertz CT molecular complexity index is 1860. The van der Waals surface area contributed by atoms with Crippen LogP contribution in [0.5, 0.6) is 5.75 Å². The molecule has 0 bridgehead atoms. The Kier molecular flexibility index (Phi) is 9.67. The first-order valence-electron chi connectivity index (χ1n) is 14.9. The van der Waals surface area contributed by atoms with Crippen molar-refractivity contribution in [3.63, 3.8) is 0 Å². The lowest BCUT2D eigenvalue weighted by Gasteiger charge is -2.25. The van der Waals surface area contributed by atoms with E-state index in [-0.39, 0.29) is 25.0 Å². The van der Waals surface area contributed by atoms with Crippen molar-refractivity contribution >= 4 is 45.5 Å². The van der Waals surface area contributed by atoms with Crippen molar-refractivity contribution in [2.45, 2.75) is 50.4 Å². The number of H-pyrrole nitrogens is 2. The normalized spacial score (nSPS) is 13.9. The average Bonchev–Trinajstić information content (AvgIpc) is 3.64. The van der Waals surface area contributed by atoms with Crippen molar-refractivity contribution in [3.05, 3.63) is 102 Å². The van der Waals surface area contributed by atoms with Crippen LogP contribution in [0.15, 0.2) is 85.2 Å². The van der Waals surface area contributed by atoms with Gasteiger partial charge in [0.05, 0.1) is 6.04 Å². The summed E-state index contributed by atoms with van der Waals surface area (Å²) in [6.45, 7) is 1.48. The van der Waals surface area contributed by atoms with E-state index in [1.807, 2.05) is 48.5 Å². The van der Waals surface area contributed by atoms with E-state index in [2.05, 4.69) is 25.9 Å². The number of phenols is 1. The SMILES string of the molecule is CC(N)C(=O)NC(Cc1ccc(O)cc1)C(=O)NC(Cc1c[nH]c2ccccc12)C(=O)NC(Cc1c[nH]c2ccccc12)C(=O)O. The number of carbonyl (C=O) groups is 4. The number of carbonyl (C=O) groups excluding carboxylic acids is 3. The van der Waals surface area contributed by atoms with Crippen LogP contribution in [0, 0.1) is 0 Å². The van der Waals surface area contributed by atoms with Gasteiger partial charge in [-0.25, -0.2) is 4.79 Å². The second-order valence-corrected chi connectivity index (χ2v) is 11.3. The molecule has 46 heavy (non-hydrogen) atoms. The minimum Gasteiger partial charge on any atom is -0.508 e. The summed E-state index contributed by atoms with van der Waals surface area (Å²) in [4.78, 5) is 58.8. The third-order valence-electron chi connectivity index (χ3n) is 7.87. The van der Waals surface area contributed by atoms with E-state index in [1.54, 1.807) is 24.5 Å². The minimum atomic E-state index is -1.29. The molecule has 5 rings (SSSR count). The molecule has 3 aromatic carbocycles. The zero-order valence-electron chi connectivity index (χ0n) is 25.1. The highest BCUT2D eigenvalue weighted by Crippen LogP contribution is 2.21. The third-order valence-corrected chi connectivity index (χ3v) is 7.87. The van der Waals surface area contributed by atoms with Crippen molar-refractivity contribution in [1.82, 2.24) is 25.9 Å². The number of aromatic nitrogens is 2. The van der Waals surface area contributed by atoms with Gasteiger partial charge in [0.25, 0.3) is 0 Å². The van der Waals surface area contributed by atoms with Gasteiger partial charge in [-0.05, 0) is 47.9 Å². The van der Waals surface area contributed by atoms with Gasteiger partial charge < -0.3 is 41.9 Å². The number of para-hydroxylation sites is 2. The molecule has 0 fully saturated rings. The van der Waals surface area contributed by atoms with Crippen molar-refractivity contribution in [1.29, 1.82) is 0 Å². The predicted molar refractivity (Wildman–Crippen MR) is 173 cm³/mol. The Labute approximate surface area is 264 Å². The maximum Gasteiger partial charge on any atom is 0.326 e. The minimum absolute atomic E-state index is 0.00671. The molecule has 3 amide bonds. The predicted octanol–water partition coefficient (Wildman–Crippen LogP) is 2.27. The highest BCUT2D eigenvalue weighted by molar-refractivity contribution is 5.95. The van der Waals surface area contributed by atoms with Gasteiger partial charge in [0.1, 0.15) is 23.9 Å². The molecular weight excluding hydrogens is 588 g/mol. The number of carboxylic acids is 1. The van der Waals surface area contributed by atoms with Gasteiger partial charge in [0.15, 0.2) is 0 Å². The lowest BCUT2D eigenvalue weighted by atomic mass is 10.0. The van der Waals surface area contributed by atoms with Crippen molar-refractivity contribution in [3.8, 4) is 5.75 Å². The van der Waals surface area contributed by atoms with E-state index in [0.717, 1.165) is 27.4 Å². The summed E-state index contributed by atoms with van der Waals surface area (Å²) >= 11 is 0. The van der Waals surface area contributed by atoms with Crippen LogP contribution in [0.2, 0.25) is 0 Å². The molecule has 0 saturated heterocycles. The summed E-state index contributed by atoms with van der Waals surface area (Å²) < 4.78 is 0. The molecule has 0 saturated carbocycles. The maximum atomic E-state index is 13.9. The number of aromatic amines is 2. The van der Waals surface area contributed by atoms with Crippen LogP contribution in [-0.2, 0) is 38.4 Å². The number of aliphatic carboxylic acids is 1. The molecular formula is C34H36N6O6. The Hall–Kier alpha value is -5.62. The van der Waals surface area contributed by atoms with Crippen molar-refractivity contribution in [2.75, 3.05) is 0 Å². The van der Waals surface area contributed by atoms with Crippen LogP contribution in [0.3, 0.4) is 0 Å². The largest absolute Gasteiger partial charge is 0.508 e. The van der Waals surface area contributed by atoms with Crippen molar-refractivity contribution < 1.29 is 29.4 Å². The lowest BCUT2D eigenvalue weighted by molar-refractivity contribution is -0.142. The van der Waals surface area contributed by atoms with Gasteiger partial charge in [-0.2, -0.15) is 0 Å². The van der Waals surface area contributed by atoms with Crippen LogP contribution in [-0.4, -0.2) is 68.0 Å². The summed E-state index contributed by atoms with van der Waals surface area (Å²) in [7, 11) is 0. The van der Waals surface area contributed by atoms with E-state index in [1.165, 1.54) is 19.1 Å². The Morgan fingerprint density at radius 3 is 1.65 bits per heavy atom. The van der Waals surface area contributed by atoms with E-state index in [9.17, 15) is 29.4 Å². The van der Waals surface area contributed by atoms with E-state index in [4.69, 9.17) is 5.73 Å². The highest BCUT2D eigenvalue weighted by atomic mass is 16.4. The first kappa shape index (κ1) is 31.8. The van der Waals surface area contributed by atoms with E-state index < -0.39 is 47.9 Å². The van der Waals surface area contributed by atoms with Gasteiger partial charge in [0.2, 0.25) is 17.7 Å². The number of nitrogens with one attached hydrogen (secondary N) is 5. The fourth-order valence-corrected chi connectivity index (χ4v) is 5.37. The number of amides is 3. The summed E-state index contributed by atoms with van der Waals surface area (Å²) in [5.74, 6) is -3.12. The Morgan fingerprint density at radius 2 is 1.13 bits per heavy atom. The zero-order chi connectivity index (χ0) is 32.8. The van der Waals surface area contributed by atoms with E-state index >= 15 is 0 Å². The first-order chi connectivity index (χ1) is 22.1. The molecule has 0 aliphatic heterocycles. The van der Waals surface area contributed by atoms with Crippen molar-refractivity contribution in [2.24, 2.45) is 5.73 Å². The van der Waals surface area contributed by atoms with Gasteiger partial charge >= 0.3 is 5.97 Å². The molecule has 238 valence electrons. The number of benzene rings is 3. The molecule has 4 unspecified atom stereocenters. The van der Waals surface area contributed by atoms with Crippen LogP contribution in [0.25, 0.3) is 21.8 Å². The maximum absolute atomic E-state index is 13.9. The number of aromatic hydroxyl groups is 1. The van der Waals surface area contributed by atoms with Gasteiger partial charge in [-0.3, -0.25) is 14.4 Å². The topological polar surface area (TPSA) is 202 Å². The lowest BCUT2D eigenvalue weighted by Crippen LogP contribution is -2.58. The summed E-state index contributed by atoms with van der Waals surface area (Å²) in [6, 6.07) is 16.6. The standard InChI is InChI=1S/C34H36N6O6/c1-19(35)31(42)38-28(14-20-10-12-23(41)13-11-20)32(43)39-29(15-21-17-36-26-8-4-2-6-24(21)26)33(44)40-30(34(45)46)16-22-18-37-27-9-5-3-7-25(22)27/h2-13,17-19,28-30,36-37,41H,14-16,35H2,1H3,(H,38,42)(H,39,43)(H,40,44)(H,45,46). The second-order valence-electron chi connectivity index (χ2n) is 11.3. The average molecular weight is 625 g/mol. The number of rotatable bonds is 13.